The largest absolute Gasteiger partial charge is 0.534 e. The summed E-state index contributed by atoms with van der Waals surface area (Å²) in [5.41, 5.74) is -5.04. The maximum absolute atomic E-state index is 12.4. The zero-order valence-corrected chi connectivity index (χ0v) is 17.7. The number of carbonyl (C=O) groups excluding carboxylic acids is 1. The maximum Gasteiger partial charge on any atom is 0.534 e. The standard InChI is InChI=1S/C21H24F3NO5S/c1-12-19-17(16-5-3-2-4-13(16)10-18(19)20(26)29-12)9-7-14-6-8-15(11-25-14)30-31(27,28)21(22,23)24/h6-9,11-13,16-19H,2-5,10H2,1H3/b9-7+/t12-,13+,16-,17+,18-,19+/m1/s1. The third-order valence-electron chi connectivity index (χ3n) is 6.81. The normalized spacial score (nSPS) is 33.6. The Bertz CT molecular complexity index is 960. The number of hydrogen-bond acceptors (Lipinski definition) is 6. The van der Waals surface area contributed by atoms with E-state index in [4.69, 9.17) is 4.74 Å². The molecule has 3 aliphatic rings. The van der Waals surface area contributed by atoms with Crippen LogP contribution in [-0.2, 0) is 19.6 Å². The minimum atomic E-state index is -5.73. The van der Waals surface area contributed by atoms with Crippen LogP contribution in [0.3, 0.4) is 0 Å². The predicted molar refractivity (Wildman–Crippen MR) is 105 cm³/mol. The third-order valence-corrected chi connectivity index (χ3v) is 7.79. The molecule has 0 spiro atoms. The molecule has 6 nitrogen and oxygen atoms in total. The third kappa shape index (κ3) is 4.31. The number of cyclic esters (lactones) is 1. The van der Waals surface area contributed by atoms with E-state index in [1.807, 2.05) is 13.0 Å². The van der Waals surface area contributed by atoms with Crippen LogP contribution in [0.4, 0.5) is 13.2 Å². The number of fused-ring (bicyclic) bond motifs is 2. The van der Waals surface area contributed by atoms with Crippen molar-refractivity contribution >= 4 is 22.2 Å². The molecule has 1 aromatic rings. The van der Waals surface area contributed by atoms with E-state index in [1.54, 1.807) is 6.08 Å². The summed E-state index contributed by atoms with van der Waals surface area (Å²) in [7, 11) is -5.73. The fourth-order valence-electron chi connectivity index (χ4n) is 5.51. The number of carbonyl (C=O) groups is 1. The molecule has 6 atom stereocenters. The number of rotatable bonds is 4. The lowest BCUT2D eigenvalue weighted by atomic mass is 9.57. The lowest BCUT2D eigenvalue weighted by Gasteiger charge is -2.45. The Balaban J connectivity index is 1.53. The predicted octanol–water partition coefficient (Wildman–Crippen LogP) is 4.33. The van der Waals surface area contributed by atoms with Crippen LogP contribution in [0.1, 0.15) is 44.7 Å². The molecular formula is C21H24F3NO5S. The number of alkyl halides is 3. The van der Waals surface area contributed by atoms with Gasteiger partial charge in [0.25, 0.3) is 0 Å². The molecule has 31 heavy (non-hydrogen) atoms. The van der Waals surface area contributed by atoms with Crippen molar-refractivity contribution in [1.29, 1.82) is 0 Å². The Morgan fingerprint density at radius 2 is 1.97 bits per heavy atom. The highest BCUT2D eigenvalue weighted by Gasteiger charge is 2.53. The van der Waals surface area contributed by atoms with Gasteiger partial charge in [-0.2, -0.15) is 21.6 Å². The van der Waals surface area contributed by atoms with E-state index in [-0.39, 0.29) is 29.8 Å². The van der Waals surface area contributed by atoms with Crippen LogP contribution in [-0.4, -0.2) is 31.0 Å². The van der Waals surface area contributed by atoms with Crippen molar-refractivity contribution in [3.8, 4) is 5.75 Å². The monoisotopic (exact) mass is 459 g/mol. The van der Waals surface area contributed by atoms with Gasteiger partial charge in [0, 0.05) is 5.92 Å². The van der Waals surface area contributed by atoms with E-state index >= 15 is 0 Å². The van der Waals surface area contributed by atoms with Gasteiger partial charge in [0.1, 0.15) is 6.10 Å². The van der Waals surface area contributed by atoms with Crippen LogP contribution in [0.5, 0.6) is 5.75 Å². The summed E-state index contributed by atoms with van der Waals surface area (Å²) in [6, 6.07) is 2.53. The molecule has 2 aliphatic carbocycles. The Kier molecular flexibility index (Phi) is 5.78. The first-order chi connectivity index (χ1) is 14.6. The summed E-state index contributed by atoms with van der Waals surface area (Å²) < 4.78 is 69.2. The van der Waals surface area contributed by atoms with Crippen molar-refractivity contribution in [2.45, 2.75) is 50.6 Å². The summed E-state index contributed by atoms with van der Waals surface area (Å²) in [6.07, 6.45) is 10.0. The first kappa shape index (κ1) is 22.1. The summed E-state index contributed by atoms with van der Waals surface area (Å²) in [4.78, 5) is 16.3. The Labute approximate surface area is 179 Å². The zero-order chi connectivity index (χ0) is 22.4. The molecule has 0 unspecified atom stereocenters. The number of ether oxygens (including phenoxy) is 1. The molecule has 0 aromatic carbocycles. The number of allylic oxidation sites excluding steroid dienone is 1. The van der Waals surface area contributed by atoms with E-state index in [2.05, 4.69) is 9.17 Å². The molecule has 1 saturated heterocycles. The van der Waals surface area contributed by atoms with Gasteiger partial charge in [-0.05, 0) is 55.7 Å². The summed E-state index contributed by atoms with van der Waals surface area (Å²) in [5.74, 6) is 0.465. The van der Waals surface area contributed by atoms with Gasteiger partial charge in [-0.1, -0.05) is 25.3 Å². The van der Waals surface area contributed by atoms with Gasteiger partial charge >= 0.3 is 21.6 Å². The van der Waals surface area contributed by atoms with Crippen molar-refractivity contribution in [3.05, 3.63) is 30.1 Å². The van der Waals surface area contributed by atoms with Crippen LogP contribution in [0.25, 0.3) is 6.08 Å². The number of nitrogens with zero attached hydrogens (tertiary/aromatic N) is 1. The van der Waals surface area contributed by atoms with E-state index in [0.717, 1.165) is 37.9 Å². The number of hydrogen-bond donors (Lipinski definition) is 0. The highest BCUT2D eigenvalue weighted by molar-refractivity contribution is 7.88. The molecule has 1 aliphatic heterocycles. The zero-order valence-electron chi connectivity index (χ0n) is 16.9. The summed E-state index contributed by atoms with van der Waals surface area (Å²) >= 11 is 0. The van der Waals surface area contributed by atoms with Crippen LogP contribution in [0.2, 0.25) is 0 Å². The summed E-state index contributed by atoms with van der Waals surface area (Å²) in [5, 5.41) is 0. The SMILES string of the molecule is C[C@H]1OC(=O)[C@@H]2C[C@@H]3CCCC[C@H]3[C@H](/C=C/c3ccc(OS(=O)(=O)C(F)(F)F)cn3)[C@H]12. The van der Waals surface area contributed by atoms with Gasteiger partial charge in [-0.15, -0.1) is 0 Å². The second-order valence-electron chi connectivity index (χ2n) is 8.61. The Hall–Kier alpha value is -2.10. The van der Waals surface area contributed by atoms with Crippen LogP contribution < -0.4 is 4.18 Å². The summed E-state index contributed by atoms with van der Waals surface area (Å²) in [6.45, 7) is 1.93. The number of esters is 1. The first-order valence-corrected chi connectivity index (χ1v) is 11.8. The van der Waals surface area contributed by atoms with Crippen molar-refractivity contribution < 1.29 is 35.3 Å². The number of halogens is 3. The Morgan fingerprint density at radius 1 is 1.23 bits per heavy atom. The van der Waals surface area contributed by atoms with E-state index in [1.165, 1.54) is 12.5 Å². The fourth-order valence-corrected chi connectivity index (χ4v) is 5.96. The Morgan fingerprint density at radius 3 is 2.65 bits per heavy atom. The fraction of sp³-hybridized carbons (Fsp3) is 0.619. The lowest BCUT2D eigenvalue weighted by Crippen LogP contribution is -2.42. The molecular weight excluding hydrogens is 435 g/mol. The molecule has 170 valence electrons. The van der Waals surface area contributed by atoms with Gasteiger partial charge in [0.15, 0.2) is 5.75 Å². The van der Waals surface area contributed by atoms with Gasteiger partial charge in [0.05, 0.1) is 17.8 Å². The van der Waals surface area contributed by atoms with E-state index in [0.29, 0.717) is 17.5 Å². The number of aromatic nitrogens is 1. The van der Waals surface area contributed by atoms with Crippen molar-refractivity contribution in [2.24, 2.45) is 29.6 Å². The molecule has 4 rings (SSSR count). The lowest BCUT2D eigenvalue weighted by molar-refractivity contribution is -0.144. The highest BCUT2D eigenvalue weighted by Crippen LogP contribution is 2.53. The molecule has 3 fully saturated rings. The number of pyridine rings is 1. The molecule has 2 saturated carbocycles. The molecule has 0 radical (unpaired) electrons. The molecule has 0 N–H and O–H groups in total. The second kappa shape index (κ2) is 8.11. The minimum absolute atomic E-state index is 0.0969. The molecule has 1 aromatic heterocycles. The second-order valence-corrected chi connectivity index (χ2v) is 10.1. The average molecular weight is 459 g/mol. The maximum atomic E-state index is 12.4. The molecule has 2 heterocycles. The van der Waals surface area contributed by atoms with Crippen molar-refractivity contribution in [1.82, 2.24) is 4.98 Å². The first-order valence-electron chi connectivity index (χ1n) is 10.4. The van der Waals surface area contributed by atoms with Gasteiger partial charge in [-0.25, -0.2) is 0 Å². The van der Waals surface area contributed by atoms with Gasteiger partial charge in [0.2, 0.25) is 0 Å². The van der Waals surface area contributed by atoms with Crippen LogP contribution in [0, 0.1) is 29.6 Å². The average Bonchev–Trinajstić information content (AvgIpc) is 2.99. The van der Waals surface area contributed by atoms with Crippen LogP contribution >= 0.6 is 0 Å². The van der Waals surface area contributed by atoms with Crippen LogP contribution in [0.15, 0.2) is 24.4 Å². The van der Waals surface area contributed by atoms with Gasteiger partial charge < -0.3 is 8.92 Å². The molecule has 0 amide bonds. The smallest absolute Gasteiger partial charge is 0.462 e. The van der Waals surface area contributed by atoms with E-state index in [9.17, 15) is 26.4 Å². The molecule has 0 bridgehead atoms. The van der Waals surface area contributed by atoms with Gasteiger partial charge in [-0.3, -0.25) is 9.78 Å². The molecule has 10 heteroatoms. The van der Waals surface area contributed by atoms with E-state index < -0.39 is 21.4 Å². The minimum Gasteiger partial charge on any atom is -0.462 e. The quantitative estimate of drug-likeness (QED) is 0.379. The van der Waals surface area contributed by atoms with Crippen molar-refractivity contribution in [2.75, 3.05) is 0 Å². The topological polar surface area (TPSA) is 82.6 Å². The van der Waals surface area contributed by atoms with Crippen molar-refractivity contribution in [3.63, 3.8) is 0 Å². The highest BCUT2D eigenvalue weighted by atomic mass is 32.2.